The van der Waals surface area contributed by atoms with Crippen molar-refractivity contribution < 1.29 is 18.7 Å². The third kappa shape index (κ3) is 4.00. The van der Waals surface area contributed by atoms with Crippen molar-refractivity contribution >= 4 is 17.8 Å². The van der Waals surface area contributed by atoms with Crippen LogP contribution in [0, 0.1) is 12.7 Å². The van der Waals surface area contributed by atoms with Crippen LogP contribution in [0.15, 0.2) is 24.3 Å². The van der Waals surface area contributed by atoms with Crippen LogP contribution in [0.25, 0.3) is 0 Å². The number of ether oxygens (including phenoxy) is 1. The number of carbonyl (C=O) groups excluding carboxylic acids is 2. The Morgan fingerprint density at radius 2 is 1.96 bits per heavy atom. The molecule has 0 saturated heterocycles. The maximum Gasteiger partial charge on any atom is 0.356 e. The number of hydrogen-bond donors (Lipinski definition) is 2. The first kappa shape index (κ1) is 16.3. The van der Waals surface area contributed by atoms with Crippen molar-refractivity contribution in [3.63, 3.8) is 0 Å². The third-order valence-corrected chi connectivity index (χ3v) is 3.05. The monoisotopic (exact) mass is 318 g/mol. The Hall–Kier alpha value is -3.03. The second-order valence-electron chi connectivity index (χ2n) is 4.75. The molecule has 2 aromatic rings. The van der Waals surface area contributed by atoms with Crippen LogP contribution in [0.1, 0.15) is 32.1 Å². The molecule has 3 N–H and O–H groups in total. The summed E-state index contributed by atoms with van der Waals surface area (Å²) >= 11 is 0. The molecule has 23 heavy (non-hydrogen) atoms. The van der Waals surface area contributed by atoms with Crippen LogP contribution >= 0.6 is 0 Å². The summed E-state index contributed by atoms with van der Waals surface area (Å²) in [7, 11) is 1.19. The molecule has 0 bridgehead atoms. The molecule has 0 fully saturated rings. The van der Waals surface area contributed by atoms with Gasteiger partial charge in [-0.05, 0) is 24.1 Å². The standard InChI is InChI=1S/C15H15FN4O3/c1-8-5-9(3-4-10(8)16)7-18-13(21)11-6-12(14(22)23-2)20-15(17)19-11/h3-6H,7H2,1-2H3,(H,18,21)(H2,17,19,20). The van der Waals surface area contributed by atoms with Gasteiger partial charge in [-0.15, -0.1) is 0 Å². The van der Waals surface area contributed by atoms with E-state index < -0.39 is 11.9 Å². The molecule has 7 nitrogen and oxygen atoms in total. The topological polar surface area (TPSA) is 107 Å². The normalized spacial score (nSPS) is 10.2. The van der Waals surface area contributed by atoms with Gasteiger partial charge in [-0.2, -0.15) is 0 Å². The first-order valence-electron chi connectivity index (χ1n) is 6.67. The molecule has 1 aromatic carbocycles. The van der Waals surface area contributed by atoms with Crippen LogP contribution in [-0.2, 0) is 11.3 Å². The molecule has 0 aliphatic heterocycles. The van der Waals surface area contributed by atoms with Crippen molar-refractivity contribution in [2.45, 2.75) is 13.5 Å². The number of esters is 1. The van der Waals surface area contributed by atoms with Gasteiger partial charge in [0.1, 0.15) is 11.5 Å². The quantitative estimate of drug-likeness (QED) is 0.821. The fourth-order valence-electron chi connectivity index (χ4n) is 1.88. The average molecular weight is 318 g/mol. The zero-order chi connectivity index (χ0) is 17.0. The summed E-state index contributed by atoms with van der Waals surface area (Å²) < 4.78 is 17.7. The number of anilines is 1. The number of nitrogens with two attached hydrogens (primary N) is 1. The predicted molar refractivity (Wildman–Crippen MR) is 80.1 cm³/mol. The largest absolute Gasteiger partial charge is 0.464 e. The van der Waals surface area contributed by atoms with Crippen LogP contribution in [-0.4, -0.2) is 29.0 Å². The van der Waals surface area contributed by atoms with E-state index in [0.29, 0.717) is 5.56 Å². The van der Waals surface area contributed by atoms with Gasteiger partial charge in [0.15, 0.2) is 5.69 Å². The van der Waals surface area contributed by atoms with Crippen molar-refractivity contribution in [3.05, 3.63) is 52.6 Å². The van der Waals surface area contributed by atoms with Crippen LogP contribution in [0.2, 0.25) is 0 Å². The van der Waals surface area contributed by atoms with E-state index in [1.54, 1.807) is 19.1 Å². The molecule has 1 heterocycles. The van der Waals surface area contributed by atoms with Gasteiger partial charge in [0.2, 0.25) is 5.95 Å². The van der Waals surface area contributed by atoms with Crippen molar-refractivity contribution in [1.82, 2.24) is 15.3 Å². The summed E-state index contributed by atoms with van der Waals surface area (Å²) in [5, 5.41) is 2.61. The molecule has 0 spiro atoms. The first-order valence-corrected chi connectivity index (χ1v) is 6.67. The second-order valence-corrected chi connectivity index (χ2v) is 4.75. The van der Waals surface area contributed by atoms with E-state index in [0.717, 1.165) is 5.56 Å². The van der Waals surface area contributed by atoms with E-state index in [4.69, 9.17) is 5.73 Å². The average Bonchev–Trinajstić information content (AvgIpc) is 2.54. The number of benzene rings is 1. The van der Waals surface area contributed by atoms with E-state index in [9.17, 15) is 14.0 Å². The molecule has 0 radical (unpaired) electrons. The number of amides is 1. The molecule has 8 heteroatoms. The summed E-state index contributed by atoms with van der Waals surface area (Å²) in [4.78, 5) is 31.0. The molecule has 2 rings (SSSR count). The number of nitrogens with one attached hydrogen (secondary N) is 1. The van der Waals surface area contributed by atoms with Crippen LogP contribution in [0.5, 0.6) is 0 Å². The van der Waals surface area contributed by atoms with Crippen LogP contribution < -0.4 is 11.1 Å². The highest BCUT2D eigenvalue weighted by molar-refractivity contribution is 5.95. The summed E-state index contributed by atoms with van der Waals surface area (Å²) in [6.45, 7) is 1.81. The summed E-state index contributed by atoms with van der Waals surface area (Å²) in [6, 6.07) is 5.71. The molecule has 0 unspecified atom stereocenters. The summed E-state index contributed by atoms with van der Waals surface area (Å²) in [5.41, 5.74) is 6.53. The van der Waals surface area contributed by atoms with Gasteiger partial charge in [-0.25, -0.2) is 19.2 Å². The number of carbonyl (C=O) groups is 2. The van der Waals surface area contributed by atoms with Gasteiger partial charge in [0, 0.05) is 12.6 Å². The number of aromatic nitrogens is 2. The Kier molecular flexibility index (Phi) is 4.85. The lowest BCUT2D eigenvalue weighted by atomic mass is 10.1. The highest BCUT2D eigenvalue weighted by Gasteiger charge is 2.15. The van der Waals surface area contributed by atoms with Crippen molar-refractivity contribution in [3.8, 4) is 0 Å². The number of nitrogen functional groups attached to an aromatic ring is 1. The van der Waals surface area contributed by atoms with Gasteiger partial charge >= 0.3 is 5.97 Å². The Morgan fingerprint density at radius 3 is 2.61 bits per heavy atom. The van der Waals surface area contributed by atoms with Crippen molar-refractivity contribution in [1.29, 1.82) is 0 Å². The highest BCUT2D eigenvalue weighted by atomic mass is 19.1. The van der Waals surface area contributed by atoms with Gasteiger partial charge in [-0.1, -0.05) is 12.1 Å². The summed E-state index contributed by atoms with van der Waals surface area (Å²) in [5.74, 6) is -1.78. The minimum Gasteiger partial charge on any atom is -0.464 e. The number of rotatable bonds is 4. The van der Waals surface area contributed by atoms with Crippen molar-refractivity contribution in [2.75, 3.05) is 12.8 Å². The maximum absolute atomic E-state index is 13.2. The molecule has 1 aromatic heterocycles. The Labute approximate surface area is 131 Å². The number of nitrogens with zero attached hydrogens (tertiary/aromatic N) is 2. The Bertz CT molecular complexity index is 764. The fourth-order valence-corrected chi connectivity index (χ4v) is 1.88. The minimum atomic E-state index is -0.720. The van der Waals surface area contributed by atoms with Crippen LogP contribution in [0.3, 0.4) is 0 Å². The lowest BCUT2D eigenvalue weighted by molar-refractivity contribution is 0.0594. The molecular formula is C15H15FN4O3. The smallest absolute Gasteiger partial charge is 0.356 e. The number of methoxy groups -OCH3 is 1. The minimum absolute atomic E-state index is 0.0586. The van der Waals surface area contributed by atoms with E-state index in [-0.39, 0.29) is 29.7 Å². The molecule has 0 atom stereocenters. The van der Waals surface area contributed by atoms with E-state index in [1.165, 1.54) is 19.2 Å². The molecule has 0 aliphatic carbocycles. The number of halogens is 1. The van der Waals surface area contributed by atoms with E-state index >= 15 is 0 Å². The zero-order valence-electron chi connectivity index (χ0n) is 12.6. The van der Waals surface area contributed by atoms with Crippen molar-refractivity contribution in [2.24, 2.45) is 0 Å². The highest BCUT2D eigenvalue weighted by Crippen LogP contribution is 2.10. The Balaban J connectivity index is 2.12. The predicted octanol–water partition coefficient (Wildman–Crippen LogP) is 1.22. The lowest BCUT2D eigenvalue weighted by Crippen LogP contribution is -2.25. The molecule has 1 amide bonds. The second kappa shape index (κ2) is 6.82. The van der Waals surface area contributed by atoms with Gasteiger partial charge < -0.3 is 15.8 Å². The summed E-state index contributed by atoms with van der Waals surface area (Å²) in [6.07, 6.45) is 0. The maximum atomic E-state index is 13.2. The first-order chi connectivity index (χ1) is 10.9. The Morgan fingerprint density at radius 1 is 1.26 bits per heavy atom. The van der Waals surface area contributed by atoms with E-state index in [1.807, 2.05) is 0 Å². The third-order valence-electron chi connectivity index (χ3n) is 3.05. The van der Waals surface area contributed by atoms with E-state index in [2.05, 4.69) is 20.0 Å². The van der Waals surface area contributed by atoms with Gasteiger partial charge in [-0.3, -0.25) is 4.79 Å². The molecular weight excluding hydrogens is 303 g/mol. The molecule has 0 saturated carbocycles. The van der Waals surface area contributed by atoms with Gasteiger partial charge in [0.25, 0.3) is 5.91 Å². The zero-order valence-corrected chi connectivity index (χ0v) is 12.6. The number of aryl methyl sites for hydroxylation is 1. The number of hydrogen-bond acceptors (Lipinski definition) is 6. The fraction of sp³-hybridized carbons (Fsp3) is 0.200. The van der Waals surface area contributed by atoms with Gasteiger partial charge in [0.05, 0.1) is 7.11 Å². The SMILES string of the molecule is COC(=O)c1cc(C(=O)NCc2ccc(F)c(C)c2)nc(N)n1. The molecule has 0 aliphatic rings. The lowest BCUT2D eigenvalue weighted by Gasteiger charge is -2.07. The molecule has 120 valence electrons. The van der Waals surface area contributed by atoms with Crippen LogP contribution in [0.4, 0.5) is 10.3 Å².